The molecule has 0 bridgehead atoms. The number of rotatable bonds is 5. The summed E-state index contributed by atoms with van der Waals surface area (Å²) >= 11 is 1.57. The standard InChI is InChI=1S/C15H17FN4S/c1-2-19(12-6-4-3-5-11(12)16)14-13(7-8-17)20-9-10-21-15(20)18-14/h3-6,9-10H,2,7-8,17H2,1H3. The van der Waals surface area contributed by atoms with Crippen molar-refractivity contribution in [3.05, 3.63) is 47.4 Å². The van der Waals surface area contributed by atoms with Crippen molar-refractivity contribution in [2.24, 2.45) is 5.73 Å². The molecule has 2 aromatic heterocycles. The molecule has 1 aromatic carbocycles. The van der Waals surface area contributed by atoms with Gasteiger partial charge in [0.1, 0.15) is 5.82 Å². The van der Waals surface area contributed by atoms with Crippen LogP contribution in [0.3, 0.4) is 0 Å². The highest BCUT2D eigenvalue weighted by atomic mass is 32.1. The van der Waals surface area contributed by atoms with E-state index in [9.17, 15) is 4.39 Å². The first kappa shape index (κ1) is 14.0. The first-order chi connectivity index (χ1) is 10.3. The molecule has 0 aliphatic heterocycles. The van der Waals surface area contributed by atoms with Gasteiger partial charge in [0.15, 0.2) is 10.8 Å². The Kier molecular flexibility index (Phi) is 3.90. The van der Waals surface area contributed by atoms with Crippen molar-refractivity contribution in [1.82, 2.24) is 9.38 Å². The number of nitrogens with two attached hydrogens (primary N) is 1. The van der Waals surface area contributed by atoms with Gasteiger partial charge in [-0.2, -0.15) is 0 Å². The lowest BCUT2D eigenvalue weighted by Crippen LogP contribution is -2.20. The molecule has 0 saturated carbocycles. The van der Waals surface area contributed by atoms with Crippen LogP contribution in [0, 0.1) is 5.82 Å². The van der Waals surface area contributed by atoms with Crippen LogP contribution in [0.1, 0.15) is 12.6 Å². The van der Waals surface area contributed by atoms with Gasteiger partial charge in [0.25, 0.3) is 0 Å². The maximum Gasteiger partial charge on any atom is 0.195 e. The summed E-state index contributed by atoms with van der Waals surface area (Å²) in [7, 11) is 0. The minimum absolute atomic E-state index is 0.241. The summed E-state index contributed by atoms with van der Waals surface area (Å²) in [6, 6.07) is 6.78. The summed E-state index contributed by atoms with van der Waals surface area (Å²) in [4.78, 5) is 7.47. The molecule has 0 amide bonds. The normalized spacial score (nSPS) is 11.2. The van der Waals surface area contributed by atoms with Crippen LogP contribution in [-0.2, 0) is 6.42 Å². The molecule has 6 heteroatoms. The number of hydrogen-bond acceptors (Lipinski definition) is 4. The van der Waals surface area contributed by atoms with Crippen LogP contribution in [0.25, 0.3) is 4.96 Å². The van der Waals surface area contributed by atoms with E-state index >= 15 is 0 Å². The molecule has 21 heavy (non-hydrogen) atoms. The number of benzene rings is 1. The molecule has 0 atom stereocenters. The van der Waals surface area contributed by atoms with Crippen LogP contribution in [0.15, 0.2) is 35.8 Å². The van der Waals surface area contributed by atoms with Gasteiger partial charge >= 0.3 is 0 Å². The second-order valence-electron chi connectivity index (χ2n) is 4.67. The summed E-state index contributed by atoms with van der Waals surface area (Å²) < 4.78 is 16.2. The fourth-order valence-corrected chi connectivity index (χ4v) is 3.24. The van der Waals surface area contributed by atoms with Gasteiger partial charge in [-0.05, 0) is 25.6 Å². The lowest BCUT2D eigenvalue weighted by Gasteiger charge is -2.22. The van der Waals surface area contributed by atoms with Crippen LogP contribution in [0.5, 0.6) is 0 Å². The van der Waals surface area contributed by atoms with E-state index in [0.29, 0.717) is 25.2 Å². The summed E-state index contributed by atoms with van der Waals surface area (Å²) in [5.74, 6) is 0.550. The number of nitrogens with zero attached hydrogens (tertiary/aromatic N) is 3. The summed E-state index contributed by atoms with van der Waals surface area (Å²) in [6.07, 6.45) is 2.69. The number of halogens is 1. The van der Waals surface area contributed by atoms with E-state index in [0.717, 1.165) is 16.5 Å². The van der Waals surface area contributed by atoms with Crippen molar-refractivity contribution in [3.8, 4) is 0 Å². The maximum atomic E-state index is 14.1. The van der Waals surface area contributed by atoms with Crippen molar-refractivity contribution in [1.29, 1.82) is 0 Å². The predicted octanol–water partition coefficient (Wildman–Crippen LogP) is 3.19. The molecule has 0 aliphatic rings. The van der Waals surface area contributed by atoms with Crippen molar-refractivity contribution in [2.45, 2.75) is 13.3 Å². The molecule has 0 spiro atoms. The molecular weight excluding hydrogens is 287 g/mol. The van der Waals surface area contributed by atoms with Gasteiger partial charge in [0, 0.05) is 24.5 Å². The third kappa shape index (κ3) is 2.41. The largest absolute Gasteiger partial charge is 0.330 e. The molecular formula is C15H17FN4S. The molecule has 0 radical (unpaired) electrons. The Morgan fingerprint density at radius 3 is 2.90 bits per heavy atom. The summed E-state index contributed by atoms with van der Waals surface area (Å²) in [5.41, 5.74) is 7.30. The monoisotopic (exact) mass is 304 g/mol. The maximum absolute atomic E-state index is 14.1. The third-order valence-electron chi connectivity index (χ3n) is 3.44. The van der Waals surface area contributed by atoms with Gasteiger partial charge in [-0.1, -0.05) is 12.1 Å². The first-order valence-electron chi connectivity index (χ1n) is 6.92. The number of anilines is 2. The molecule has 2 heterocycles. The van der Waals surface area contributed by atoms with Gasteiger partial charge in [0.2, 0.25) is 0 Å². The topological polar surface area (TPSA) is 46.6 Å². The highest BCUT2D eigenvalue weighted by molar-refractivity contribution is 7.15. The highest BCUT2D eigenvalue weighted by Crippen LogP contribution is 2.31. The number of thiazole rings is 1. The number of para-hydroxylation sites is 1. The minimum atomic E-state index is -0.241. The molecule has 3 rings (SSSR count). The Balaban J connectivity index is 2.14. The fourth-order valence-electron chi connectivity index (χ4n) is 2.51. The molecule has 0 aliphatic carbocycles. The molecule has 3 aromatic rings. The van der Waals surface area contributed by atoms with Crippen molar-refractivity contribution >= 4 is 27.8 Å². The zero-order valence-corrected chi connectivity index (χ0v) is 12.6. The zero-order valence-electron chi connectivity index (χ0n) is 11.8. The fraction of sp³-hybridized carbons (Fsp3) is 0.267. The van der Waals surface area contributed by atoms with E-state index in [-0.39, 0.29) is 5.82 Å². The highest BCUT2D eigenvalue weighted by Gasteiger charge is 2.20. The molecule has 110 valence electrons. The van der Waals surface area contributed by atoms with Crippen LogP contribution in [-0.4, -0.2) is 22.5 Å². The van der Waals surface area contributed by atoms with E-state index in [2.05, 4.69) is 4.98 Å². The Morgan fingerprint density at radius 2 is 2.19 bits per heavy atom. The Hall–Kier alpha value is -1.92. The van der Waals surface area contributed by atoms with Crippen molar-refractivity contribution in [3.63, 3.8) is 0 Å². The molecule has 0 unspecified atom stereocenters. The summed E-state index contributed by atoms with van der Waals surface area (Å²) in [5, 5.41) is 1.99. The van der Waals surface area contributed by atoms with Gasteiger partial charge in [-0.3, -0.25) is 4.40 Å². The SMILES string of the molecule is CCN(c1ccccc1F)c1nc2sccn2c1CCN. The van der Waals surface area contributed by atoms with Crippen molar-refractivity contribution < 1.29 is 4.39 Å². The quantitative estimate of drug-likeness (QED) is 0.787. The number of fused-ring (bicyclic) bond motifs is 1. The average molecular weight is 304 g/mol. The number of aromatic nitrogens is 2. The van der Waals surface area contributed by atoms with E-state index in [1.54, 1.807) is 23.5 Å². The van der Waals surface area contributed by atoms with E-state index < -0.39 is 0 Å². The van der Waals surface area contributed by atoms with Crippen LogP contribution < -0.4 is 10.6 Å². The Labute approximate surface area is 126 Å². The van der Waals surface area contributed by atoms with E-state index in [1.807, 2.05) is 33.9 Å². The Morgan fingerprint density at radius 1 is 1.38 bits per heavy atom. The predicted molar refractivity (Wildman–Crippen MR) is 84.9 cm³/mol. The molecule has 4 nitrogen and oxygen atoms in total. The lowest BCUT2D eigenvalue weighted by molar-refractivity contribution is 0.625. The van der Waals surface area contributed by atoms with Gasteiger partial charge < -0.3 is 10.6 Å². The second-order valence-corrected chi connectivity index (χ2v) is 5.55. The van der Waals surface area contributed by atoms with E-state index in [4.69, 9.17) is 5.73 Å². The first-order valence-corrected chi connectivity index (χ1v) is 7.80. The van der Waals surface area contributed by atoms with Crippen LogP contribution in [0.4, 0.5) is 15.9 Å². The van der Waals surface area contributed by atoms with Crippen LogP contribution in [0.2, 0.25) is 0 Å². The average Bonchev–Trinajstić information content (AvgIpc) is 3.05. The smallest absolute Gasteiger partial charge is 0.195 e. The number of imidazole rings is 1. The van der Waals surface area contributed by atoms with E-state index in [1.165, 1.54) is 6.07 Å². The zero-order chi connectivity index (χ0) is 14.8. The lowest BCUT2D eigenvalue weighted by atomic mass is 10.2. The molecule has 0 saturated heterocycles. The van der Waals surface area contributed by atoms with Crippen molar-refractivity contribution in [2.75, 3.05) is 18.0 Å². The number of hydrogen-bond donors (Lipinski definition) is 1. The third-order valence-corrected chi connectivity index (χ3v) is 4.19. The molecule has 2 N–H and O–H groups in total. The minimum Gasteiger partial charge on any atom is -0.330 e. The van der Waals surface area contributed by atoms with Gasteiger partial charge in [0.05, 0.1) is 11.4 Å². The van der Waals surface area contributed by atoms with Gasteiger partial charge in [-0.15, -0.1) is 11.3 Å². The molecule has 0 fully saturated rings. The second kappa shape index (κ2) is 5.83. The summed E-state index contributed by atoms with van der Waals surface area (Å²) in [6.45, 7) is 3.17. The van der Waals surface area contributed by atoms with Gasteiger partial charge in [-0.25, -0.2) is 9.37 Å². The Bertz CT molecular complexity index is 749. The van der Waals surface area contributed by atoms with Crippen LogP contribution >= 0.6 is 11.3 Å².